The van der Waals surface area contributed by atoms with Crippen LogP contribution in [-0.4, -0.2) is 76.7 Å². The van der Waals surface area contributed by atoms with E-state index in [-0.39, 0.29) is 87.1 Å². The summed E-state index contributed by atoms with van der Waals surface area (Å²) in [7, 11) is 0. The molecule has 0 fully saturated rings. The number of phenolic OH excluding ortho intramolecular Hbond substituents is 2. The van der Waals surface area contributed by atoms with Crippen LogP contribution in [0.5, 0.6) is 34.5 Å². The molecule has 0 radical (unpaired) electrons. The van der Waals surface area contributed by atoms with Crippen LogP contribution in [-0.2, 0) is 88.9 Å². The topological polar surface area (TPSA) is 180 Å². The Balaban J connectivity index is 0.00000144. The Hall–Kier alpha value is -7.26. The number of aromatic hydroxyl groups is 2. The van der Waals surface area contributed by atoms with Crippen LogP contribution < -0.4 is 18.9 Å². The summed E-state index contributed by atoms with van der Waals surface area (Å²) in [6, 6.07) is 79.0. The number of aryl methyl sites for hydroxylation is 9. The SMILES string of the molecule is C.C.C.C.C.Cc1ccc(CCCOCOCCCc2ccc(C)cc2C)c(C)c1.ICCCI.ICCI.O=C(CCc1ccc(OCc2ccccc2)cc1OCc1ccccc1)OCc1ccccc1.O=C(O)CCc1ccc(O)cc1O.OCCCc1ccc(OCc2ccccc2)cc1OCc1ccccc1. The van der Waals surface area contributed by atoms with Gasteiger partial charge in [-0.25, -0.2) is 0 Å². The van der Waals surface area contributed by atoms with Crippen LogP contribution in [0.1, 0.15) is 154 Å². The molecule has 0 spiro atoms. The summed E-state index contributed by atoms with van der Waals surface area (Å²) in [5.74, 6) is 1.79. The molecule has 10 aromatic rings. The van der Waals surface area contributed by atoms with Crippen molar-refractivity contribution in [1.82, 2.24) is 0 Å². The number of hydrogen-bond donors (Lipinski definition) is 4. The average molecular weight is 1980 g/mol. The predicted octanol–water partition coefficient (Wildman–Crippen LogP) is 25.2. The number of carbonyl (C=O) groups excluding carboxylic acids is 1. The van der Waals surface area contributed by atoms with Crippen molar-refractivity contribution in [3.05, 3.63) is 321 Å². The highest BCUT2D eigenvalue weighted by atomic mass is 127. The van der Waals surface area contributed by atoms with Crippen molar-refractivity contribution in [2.24, 2.45) is 0 Å². The lowest BCUT2D eigenvalue weighted by Crippen LogP contribution is -2.07. The number of halogens is 4. The van der Waals surface area contributed by atoms with E-state index >= 15 is 0 Å². The minimum absolute atomic E-state index is 0. The van der Waals surface area contributed by atoms with Gasteiger partial charge in [0, 0.05) is 68.6 Å². The molecule has 0 saturated heterocycles. The number of alkyl halides is 4. The first-order valence-electron chi connectivity index (χ1n) is 36.1. The molecule has 0 unspecified atom stereocenters. The Morgan fingerprint density at radius 1 is 0.357 bits per heavy atom. The van der Waals surface area contributed by atoms with Gasteiger partial charge in [-0.2, -0.15) is 0 Å². The van der Waals surface area contributed by atoms with Crippen molar-refractivity contribution in [3.8, 4) is 34.5 Å². The van der Waals surface area contributed by atoms with E-state index in [1.807, 2.05) is 188 Å². The van der Waals surface area contributed by atoms with Gasteiger partial charge in [-0.15, -0.1) is 0 Å². The van der Waals surface area contributed by atoms with Crippen molar-refractivity contribution in [3.63, 3.8) is 0 Å². The molecule has 4 N–H and O–H groups in total. The van der Waals surface area contributed by atoms with E-state index in [2.05, 4.69) is 154 Å². The van der Waals surface area contributed by atoms with E-state index in [0.29, 0.717) is 57.4 Å². The van der Waals surface area contributed by atoms with Crippen molar-refractivity contribution in [1.29, 1.82) is 0 Å². The summed E-state index contributed by atoms with van der Waals surface area (Å²) < 4.78 is 45.9. The maximum Gasteiger partial charge on any atom is 0.306 e. The molecule has 112 heavy (non-hydrogen) atoms. The third-order valence-corrected chi connectivity index (χ3v) is 20.8. The molecule has 0 amide bonds. The Morgan fingerprint density at radius 2 is 0.714 bits per heavy atom. The Morgan fingerprint density at radius 3 is 1.07 bits per heavy atom. The van der Waals surface area contributed by atoms with Gasteiger partial charge in [-0.05, 0) is 170 Å². The zero-order valence-electron chi connectivity index (χ0n) is 62.0. The fourth-order valence-electron chi connectivity index (χ4n) is 10.4. The number of carboxylic acid groups (broad SMARTS) is 1. The van der Waals surface area contributed by atoms with Crippen LogP contribution >= 0.6 is 90.4 Å². The number of benzene rings is 10. The van der Waals surface area contributed by atoms with Crippen molar-refractivity contribution in [2.45, 2.75) is 168 Å². The van der Waals surface area contributed by atoms with Crippen LogP contribution in [0, 0.1) is 27.7 Å². The first-order chi connectivity index (χ1) is 52.1. The molecule has 17 heteroatoms. The molecule has 0 heterocycles. The number of carbonyl (C=O) groups is 2. The van der Waals surface area contributed by atoms with Gasteiger partial charge in [0.1, 0.15) is 74.3 Å². The number of aliphatic carboxylic acids is 1. The van der Waals surface area contributed by atoms with E-state index in [0.717, 1.165) is 102 Å². The number of phenols is 2. The molecular weight excluding hydrogens is 1860 g/mol. The van der Waals surface area contributed by atoms with Gasteiger partial charge < -0.3 is 53.6 Å². The maximum absolute atomic E-state index is 12.3. The monoisotopic (exact) mass is 1980 g/mol. The first kappa shape index (κ1) is 105. The molecule has 10 aromatic carbocycles. The first-order valence-corrected chi connectivity index (χ1v) is 42.2. The molecule has 0 aliphatic rings. The van der Waals surface area contributed by atoms with E-state index in [4.69, 9.17) is 48.5 Å². The number of ether oxygens (including phenoxy) is 7. The number of aliphatic hydroxyl groups excluding tert-OH is 1. The third-order valence-electron chi connectivity index (χ3n) is 16.1. The van der Waals surface area contributed by atoms with Gasteiger partial charge >= 0.3 is 11.9 Å². The second kappa shape index (κ2) is 65.1. The van der Waals surface area contributed by atoms with Crippen LogP contribution in [0.3, 0.4) is 0 Å². The number of esters is 1. The predicted molar refractivity (Wildman–Crippen MR) is 501 cm³/mol. The highest BCUT2D eigenvalue weighted by Gasteiger charge is 2.13. The maximum atomic E-state index is 12.3. The number of rotatable bonds is 36. The Kier molecular flexibility index (Phi) is 60.8. The summed E-state index contributed by atoms with van der Waals surface area (Å²) >= 11 is 9.45. The lowest BCUT2D eigenvalue weighted by Gasteiger charge is -2.14. The summed E-state index contributed by atoms with van der Waals surface area (Å²) in [6.07, 6.45) is 8.10. The molecule has 0 saturated carbocycles. The molecule has 10 rings (SSSR count). The quantitative estimate of drug-likeness (QED) is 0.00959. The van der Waals surface area contributed by atoms with Gasteiger partial charge in [0.2, 0.25) is 0 Å². The minimum atomic E-state index is -0.910. The Labute approximate surface area is 726 Å². The molecule has 13 nitrogen and oxygen atoms in total. The van der Waals surface area contributed by atoms with Crippen molar-refractivity contribution >= 4 is 102 Å². The van der Waals surface area contributed by atoms with Crippen LogP contribution in [0.15, 0.2) is 243 Å². The van der Waals surface area contributed by atoms with Crippen LogP contribution in [0.25, 0.3) is 0 Å². The molecular formula is C95H124I4O13. The van der Waals surface area contributed by atoms with E-state index in [9.17, 15) is 14.7 Å². The molecule has 0 atom stereocenters. The second-order valence-electron chi connectivity index (χ2n) is 24.9. The van der Waals surface area contributed by atoms with Gasteiger partial charge in [0.25, 0.3) is 0 Å². The summed E-state index contributed by atoms with van der Waals surface area (Å²) in [5.41, 5.74) is 16.2. The van der Waals surface area contributed by atoms with E-state index < -0.39 is 5.97 Å². The van der Waals surface area contributed by atoms with E-state index in [1.165, 1.54) is 75.7 Å². The third kappa shape index (κ3) is 46.2. The highest BCUT2D eigenvalue weighted by Crippen LogP contribution is 2.30. The number of carboxylic acids is 1. The molecule has 610 valence electrons. The number of hydrogen-bond acceptors (Lipinski definition) is 12. The smallest absolute Gasteiger partial charge is 0.306 e. The fraction of sp³-hybridized carbons (Fsp3) is 0.347. The van der Waals surface area contributed by atoms with Crippen molar-refractivity contribution in [2.75, 3.05) is 44.3 Å². The van der Waals surface area contributed by atoms with Crippen LogP contribution in [0.4, 0.5) is 0 Å². The fourth-order valence-corrected chi connectivity index (χ4v) is 12.6. The zero-order chi connectivity index (χ0) is 76.9. The van der Waals surface area contributed by atoms with Crippen LogP contribution in [0.2, 0.25) is 0 Å². The summed E-state index contributed by atoms with van der Waals surface area (Å²) in [6.45, 7) is 12.9. The second-order valence-corrected chi connectivity index (χ2v) is 29.2. The normalized spacial score (nSPS) is 9.87. The average Bonchev–Trinajstić information content (AvgIpc) is 0.856. The lowest BCUT2D eigenvalue weighted by atomic mass is 10.0. The van der Waals surface area contributed by atoms with E-state index in [1.54, 1.807) is 0 Å². The lowest BCUT2D eigenvalue weighted by molar-refractivity contribution is -0.145. The van der Waals surface area contributed by atoms with Gasteiger partial charge in [-0.1, -0.05) is 345 Å². The molecule has 0 aliphatic heterocycles. The molecule has 0 aliphatic carbocycles. The Bertz CT molecular complexity index is 3960. The van der Waals surface area contributed by atoms with Gasteiger partial charge in [-0.3, -0.25) is 9.59 Å². The standard InChI is InChI=1S/C30H28O4.C23H24O3.C23H32O2.C9H10O4.C3H6I2.C2H4I2.5CH4/c31-30(34-23-26-14-8-3-9-15-26)19-17-27-16-18-28(32-21-24-10-4-1-5-11-24)20-29(27)33-22-25-12-6-2-7-13-25;24-15-7-12-21-13-14-22(25-17-19-8-3-1-4-9-19)16-23(21)26-18-20-10-5-2-6-11-20;1-18-9-11-22(20(3)15-18)7-5-13-24-17-25-14-6-8-23-12-10-19(2)16-21(23)4;10-7-3-1-6(8(11)5-7)2-4-9(12)13;4-2-1-3-5;3-1-2-4;;;;;/h1-16,18,20H,17,19,21-23H2;1-6,8-11,13-14,16,24H,7,12,15,17-18H2;9-12,15-16H,5-8,13-14,17H2,1-4H3;1,3,5,10-11H,2,4H2,(H,12,13);1-3H2;1-2H2;5*1H4. The highest BCUT2D eigenvalue weighted by molar-refractivity contribution is 14.1. The number of aliphatic hydroxyl groups is 1. The zero-order valence-corrected chi connectivity index (χ0v) is 70.7. The van der Waals surface area contributed by atoms with Gasteiger partial charge in [0.05, 0.1) is 0 Å². The van der Waals surface area contributed by atoms with Gasteiger partial charge in [0.15, 0.2) is 0 Å². The molecule has 0 bridgehead atoms. The minimum Gasteiger partial charge on any atom is -0.508 e. The summed E-state index contributed by atoms with van der Waals surface area (Å²) in [4.78, 5) is 22.5. The largest absolute Gasteiger partial charge is 0.508 e. The summed E-state index contributed by atoms with van der Waals surface area (Å²) in [5, 5.41) is 35.7. The van der Waals surface area contributed by atoms with Crippen molar-refractivity contribution < 1.29 is 63.2 Å². The molecule has 0 aromatic heterocycles.